The van der Waals surface area contributed by atoms with Gasteiger partial charge in [-0.3, -0.25) is 4.79 Å². The summed E-state index contributed by atoms with van der Waals surface area (Å²) in [7, 11) is 0. The van der Waals surface area contributed by atoms with Crippen LogP contribution in [0.25, 0.3) is 0 Å². The van der Waals surface area contributed by atoms with Gasteiger partial charge in [0.25, 0.3) is 5.91 Å². The Bertz CT molecular complexity index is 461. The molecule has 1 heterocycles. The van der Waals surface area contributed by atoms with Crippen LogP contribution in [-0.2, 0) is 0 Å². The number of furan rings is 1. The number of amides is 1. The monoisotopic (exact) mass is 269 g/mol. The molecule has 0 spiro atoms. The average molecular weight is 270 g/mol. The summed E-state index contributed by atoms with van der Waals surface area (Å²) in [6.07, 6.45) is 3.32. The minimum atomic E-state index is -0.0253. The van der Waals surface area contributed by atoms with Crippen LogP contribution in [0.1, 0.15) is 46.7 Å². The molecule has 100 valence electrons. The minimum Gasteiger partial charge on any atom is -0.466 e. The number of alkyl halides is 1. The summed E-state index contributed by atoms with van der Waals surface area (Å²) in [6.45, 7) is 6.36. The van der Waals surface area contributed by atoms with Gasteiger partial charge in [-0.25, -0.2) is 0 Å². The van der Waals surface area contributed by atoms with Gasteiger partial charge in [0, 0.05) is 18.0 Å². The van der Waals surface area contributed by atoms with Gasteiger partial charge in [-0.1, -0.05) is 0 Å². The van der Waals surface area contributed by atoms with Gasteiger partial charge >= 0.3 is 0 Å². The van der Waals surface area contributed by atoms with E-state index in [2.05, 4.69) is 5.32 Å². The van der Waals surface area contributed by atoms with Crippen molar-refractivity contribution in [2.45, 2.75) is 40.0 Å². The van der Waals surface area contributed by atoms with Crippen LogP contribution in [0.2, 0.25) is 0 Å². The first-order valence-electron chi connectivity index (χ1n) is 6.40. The zero-order chi connectivity index (χ0) is 13.3. The highest BCUT2D eigenvalue weighted by Gasteiger charge is 2.42. The highest BCUT2D eigenvalue weighted by molar-refractivity contribution is 6.17. The van der Waals surface area contributed by atoms with Crippen molar-refractivity contribution in [3.8, 4) is 0 Å². The molecular formula is C14H20ClNO2. The summed E-state index contributed by atoms with van der Waals surface area (Å²) in [6, 6.07) is 0. The fourth-order valence-electron chi connectivity index (χ4n) is 2.38. The lowest BCUT2D eigenvalue weighted by atomic mass is 10.0. The summed E-state index contributed by atoms with van der Waals surface area (Å²) >= 11 is 5.78. The van der Waals surface area contributed by atoms with E-state index in [1.807, 2.05) is 20.8 Å². The van der Waals surface area contributed by atoms with Crippen molar-refractivity contribution in [2.75, 3.05) is 12.4 Å². The number of hydrogen-bond acceptors (Lipinski definition) is 2. The van der Waals surface area contributed by atoms with Crippen molar-refractivity contribution in [3.63, 3.8) is 0 Å². The van der Waals surface area contributed by atoms with Crippen LogP contribution in [0.3, 0.4) is 0 Å². The Morgan fingerprint density at radius 1 is 1.33 bits per heavy atom. The van der Waals surface area contributed by atoms with E-state index in [0.29, 0.717) is 17.2 Å². The largest absolute Gasteiger partial charge is 0.466 e. The molecule has 0 atom stereocenters. The summed E-state index contributed by atoms with van der Waals surface area (Å²) < 4.78 is 5.48. The number of nitrogens with one attached hydrogen (secondary N) is 1. The van der Waals surface area contributed by atoms with Crippen LogP contribution in [0, 0.1) is 26.2 Å². The molecule has 1 aromatic rings. The van der Waals surface area contributed by atoms with Gasteiger partial charge in [0.2, 0.25) is 0 Å². The maximum absolute atomic E-state index is 12.2. The smallest absolute Gasteiger partial charge is 0.255 e. The van der Waals surface area contributed by atoms with Crippen molar-refractivity contribution in [1.82, 2.24) is 5.32 Å². The predicted octanol–water partition coefficient (Wildman–Crippen LogP) is 3.34. The molecule has 0 radical (unpaired) electrons. The number of halogens is 1. The number of rotatable bonds is 5. The molecule has 0 aliphatic heterocycles. The molecule has 0 aromatic carbocycles. The lowest BCUT2D eigenvalue weighted by molar-refractivity contribution is 0.0942. The van der Waals surface area contributed by atoms with E-state index in [-0.39, 0.29) is 11.3 Å². The summed E-state index contributed by atoms with van der Waals surface area (Å²) in [5.41, 5.74) is 1.89. The molecule has 0 unspecified atom stereocenters. The van der Waals surface area contributed by atoms with Crippen LogP contribution >= 0.6 is 11.6 Å². The third-order valence-electron chi connectivity index (χ3n) is 3.99. The number of hydrogen-bond donors (Lipinski definition) is 1. The summed E-state index contributed by atoms with van der Waals surface area (Å²) in [4.78, 5) is 12.2. The van der Waals surface area contributed by atoms with Crippen LogP contribution in [0.15, 0.2) is 4.42 Å². The van der Waals surface area contributed by atoms with Gasteiger partial charge in [0.1, 0.15) is 11.5 Å². The molecule has 4 heteroatoms. The van der Waals surface area contributed by atoms with Crippen LogP contribution in [-0.4, -0.2) is 18.3 Å². The topological polar surface area (TPSA) is 42.2 Å². The molecule has 1 saturated carbocycles. The average Bonchev–Trinajstić information content (AvgIpc) is 3.02. The van der Waals surface area contributed by atoms with Gasteiger partial charge in [0.05, 0.1) is 5.56 Å². The second-order valence-electron chi connectivity index (χ2n) is 5.34. The van der Waals surface area contributed by atoms with Gasteiger partial charge in [0.15, 0.2) is 0 Å². The molecule has 1 aliphatic rings. The van der Waals surface area contributed by atoms with E-state index in [1.165, 1.54) is 12.8 Å². The van der Waals surface area contributed by atoms with E-state index in [4.69, 9.17) is 16.0 Å². The zero-order valence-electron chi connectivity index (χ0n) is 11.2. The standard InChI is InChI=1S/C14H20ClNO2/c1-9-10(2)18-11(3)12(9)13(17)16-8-14(4-5-14)6-7-15/h4-8H2,1-3H3,(H,16,17). The quantitative estimate of drug-likeness (QED) is 0.833. The van der Waals surface area contributed by atoms with E-state index in [9.17, 15) is 4.79 Å². The lowest BCUT2D eigenvalue weighted by Gasteiger charge is -2.14. The second-order valence-corrected chi connectivity index (χ2v) is 5.71. The lowest BCUT2D eigenvalue weighted by Crippen LogP contribution is -2.31. The van der Waals surface area contributed by atoms with Crippen LogP contribution in [0.4, 0.5) is 0 Å². The number of aryl methyl sites for hydroxylation is 2. The molecule has 1 aliphatic carbocycles. The molecule has 3 nitrogen and oxygen atoms in total. The maximum Gasteiger partial charge on any atom is 0.255 e. The van der Waals surface area contributed by atoms with Gasteiger partial charge in [-0.2, -0.15) is 0 Å². The first-order chi connectivity index (χ1) is 8.49. The molecule has 1 amide bonds. The molecule has 18 heavy (non-hydrogen) atoms. The van der Waals surface area contributed by atoms with E-state index in [1.54, 1.807) is 0 Å². The Hall–Kier alpha value is -0.960. The number of carbonyl (C=O) groups is 1. The maximum atomic E-state index is 12.2. The van der Waals surface area contributed by atoms with Crippen molar-refractivity contribution >= 4 is 17.5 Å². The van der Waals surface area contributed by atoms with Crippen LogP contribution in [0.5, 0.6) is 0 Å². The molecule has 0 saturated heterocycles. The molecule has 1 N–H and O–H groups in total. The van der Waals surface area contributed by atoms with Crippen molar-refractivity contribution < 1.29 is 9.21 Å². The summed E-state index contributed by atoms with van der Waals surface area (Å²) in [5, 5.41) is 3.02. The first-order valence-corrected chi connectivity index (χ1v) is 6.93. The second kappa shape index (κ2) is 4.96. The Balaban J connectivity index is 2.00. The van der Waals surface area contributed by atoms with Gasteiger partial charge in [-0.15, -0.1) is 11.6 Å². The minimum absolute atomic E-state index is 0.0253. The SMILES string of the molecule is Cc1oc(C)c(C(=O)NCC2(CCCl)CC2)c1C. The third-order valence-corrected chi connectivity index (χ3v) is 4.18. The molecule has 1 fully saturated rings. The Morgan fingerprint density at radius 2 is 2.00 bits per heavy atom. The van der Waals surface area contributed by atoms with Gasteiger partial charge in [-0.05, 0) is 45.4 Å². The number of carbonyl (C=O) groups excluding carboxylic acids is 1. The van der Waals surface area contributed by atoms with Crippen molar-refractivity contribution in [1.29, 1.82) is 0 Å². The highest BCUT2D eigenvalue weighted by atomic mass is 35.5. The Kier molecular flexibility index (Phi) is 3.71. The third kappa shape index (κ3) is 2.56. The summed E-state index contributed by atoms with van der Waals surface area (Å²) in [5.74, 6) is 2.16. The normalized spacial score (nSPS) is 16.7. The fraction of sp³-hybridized carbons (Fsp3) is 0.643. The fourth-order valence-corrected chi connectivity index (χ4v) is 2.78. The first kappa shape index (κ1) is 13.5. The molecule has 2 rings (SSSR count). The zero-order valence-corrected chi connectivity index (χ0v) is 12.0. The molecule has 1 aromatic heterocycles. The van der Waals surface area contributed by atoms with E-state index >= 15 is 0 Å². The predicted molar refractivity (Wildman–Crippen MR) is 72.3 cm³/mol. The Morgan fingerprint density at radius 3 is 2.44 bits per heavy atom. The molecule has 0 bridgehead atoms. The van der Waals surface area contributed by atoms with Gasteiger partial charge < -0.3 is 9.73 Å². The van der Waals surface area contributed by atoms with Crippen LogP contribution < -0.4 is 5.32 Å². The van der Waals surface area contributed by atoms with E-state index < -0.39 is 0 Å². The van der Waals surface area contributed by atoms with Crippen molar-refractivity contribution in [2.24, 2.45) is 5.41 Å². The highest BCUT2D eigenvalue weighted by Crippen LogP contribution is 2.48. The van der Waals surface area contributed by atoms with Crippen molar-refractivity contribution in [3.05, 3.63) is 22.6 Å². The molecular weight excluding hydrogens is 250 g/mol. The van der Waals surface area contributed by atoms with E-state index in [0.717, 1.165) is 24.3 Å². The Labute approximate surface area is 113 Å².